The minimum Gasteiger partial charge on any atom is -0.393 e. The van der Waals surface area contributed by atoms with Crippen molar-refractivity contribution in [3.05, 3.63) is 35.5 Å². The lowest BCUT2D eigenvalue weighted by atomic mass is 10.1. The second kappa shape index (κ2) is 5.27. The molecule has 0 fully saturated rings. The molecule has 2 rings (SSSR count). The molecule has 96 valence electrons. The Kier molecular flexibility index (Phi) is 3.72. The number of aryl methyl sites for hydroxylation is 2. The van der Waals surface area contributed by atoms with E-state index >= 15 is 0 Å². The highest BCUT2D eigenvalue weighted by molar-refractivity contribution is 5.55. The molecular weight excluding hydrogens is 235 g/mol. The zero-order valence-electron chi connectivity index (χ0n) is 10.4. The molecule has 1 atom stereocenters. The first-order valence-electron chi connectivity index (χ1n) is 5.83. The van der Waals surface area contributed by atoms with Crippen LogP contribution in [-0.4, -0.2) is 21.4 Å². The van der Waals surface area contributed by atoms with E-state index in [-0.39, 0.29) is 5.82 Å². The van der Waals surface area contributed by atoms with Crippen molar-refractivity contribution in [2.45, 2.75) is 32.8 Å². The fraction of sp³-hybridized carbons (Fsp3) is 0.385. The number of hydrogen-bond donors (Lipinski definition) is 1. The highest BCUT2D eigenvalue weighted by atomic mass is 19.1. The number of benzene rings is 1. The van der Waals surface area contributed by atoms with Gasteiger partial charge in [-0.15, -0.1) is 0 Å². The van der Waals surface area contributed by atoms with E-state index in [4.69, 9.17) is 4.52 Å². The van der Waals surface area contributed by atoms with Crippen LogP contribution in [-0.2, 0) is 6.42 Å². The number of hydrogen-bond acceptors (Lipinski definition) is 4. The summed E-state index contributed by atoms with van der Waals surface area (Å²) in [6.45, 7) is 3.51. The highest BCUT2D eigenvalue weighted by Crippen LogP contribution is 2.19. The number of nitrogens with zero attached hydrogens (tertiary/aromatic N) is 2. The third-order valence-electron chi connectivity index (χ3n) is 2.54. The van der Waals surface area contributed by atoms with Crippen molar-refractivity contribution in [2.75, 3.05) is 0 Å². The third-order valence-corrected chi connectivity index (χ3v) is 2.54. The van der Waals surface area contributed by atoms with Crippen LogP contribution in [0.25, 0.3) is 11.4 Å². The summed E-state index contributed by atoms with van der Waals surface area (Å²) < 4.78 is 18.3. The molecule has 0 aliphatic rings. The molecule has 1 aromatic carbocycles. The van der Waals surface area contributed by atoms with Crippen LogP contribution >= 0.6 is 0 Å². The van der Waals surface area contributed by atoms with Crippen LogP contribution in [0.15, 0.2) is 22.7 Å². The molecule has 0 saturated heterocycles. The maximum Gasteiger partial charge on any atom is 0.227 e. The monoisotopic (exact) mass is 250 g/mol. The van der Waals surface area contributed by atoms with E-state index in [0.29, 0.717) is 30.1 Å². The van der Waals surface area contributed by atoms with Gasteiger partial charge in [0.15, 0.2) is 0 Å². The van der Waals surface area contributed by atoms with Crippen molar-refractivity contribution in [2.24, 2.45) is 0 Å². The van der Waals surface area contributed by atoms with E-state index in [0.717, 1.165) is 5.56 Å². The van der Waals surface area contributed by atoms with Gasteiger partial charge in [0.1, 0.15) is 5.82 Å². The predicted octanol–water partition coefficient (Wildman–Crippen LogP) is 2.50. The summed E-state index contributed by atoms with van der Waals surface area (Å²) in [7, 11) is 0. The van der Waals surface area contributed by atoms with Crippen LogP contribution in [0.5, 0.6) is 0 Å². The standard InChI is InChI=1S/C13H15FN2O2/c1-8-5-10(7-11(14)6-8)13-15-12(18-16-13)4-3-9(2)17/h5-7,9,17H,3-4H2,1-2H3. The molecule has 0 amide bonds. The molecule has 5 heteroatoms. The zero-order chi connectivity index (χ0) is 13.1. The van der Waals surface area contributed by atoms with Crippen LogP contribution in [0.3, 0.4) is 0 Å². The molecule has 18 heavy (non-hydrogen) atoms. The first-order chi connectivity index (χ1) is 8.54. The van der Waals surface area contributed by atoms with Crippen molar-refractivity contribution in [1.29, 1.82) is 0 Å². The van der Waals surface area contributed by atoms with Crippen molar-refractivity contribution >= 4 is 0 Å². The first kappa shape index (κ1) is 12.7. The largest absolute Gasteiger partial charge is 0.393 e. The number of halogens is 1. The Balaban J connectivity index is 2.18. The van der Waals surface area contributed by atoms with Gasteiger partial charge in [-0.2, -0.15) is 4.98 Å². The minimum absolute atomic E-state index is 0.319. The second-order valence-corrected chi connectivity index (χ2v) is 4.42. The van der Waals surface area contributed by atoms with Gasteiger partial charge in [0.25, 0.3) is 0 Å². The highest BCUT2D eigenvalue weighted by Gasteiger charge is 2.10. The summed E-state index contributed by atoms with van der Waals surface area (Å²) in [6, 6.07) is 4.61. The molecule has 0 radical (unpaired) electrons. The number of rotatable bonds is 4. The molecule has 1 unspecified atom stereocenters. The summed E-state index contributed by atoms with van der Waals surface area (Å²) in [5.74, 6) is 0.506. The molecule has 0 bridgehead atoms. The Morgan fingerprint density at radius 2 is 2.17 bits per heavy atom. The average Bonchev–Trinajstić information content (AvgIpc) is 2.73. The van der Waals surface area contributed by atoms with Crippen LogP contribution < -0.4 is 0 Å². The summed E-state index contributed by atoms with van der Waals surface area (Å²) in [6.07, 6.45) is 0.666. The number of aliphatic hydroxyl groups excluding tert-OH is 1. The molecule has 2 aromatic rings. The number of aromatic nitrogens is 2. The van der Waals surface area contributed by atoms with Gasteiger partial charge in [0.2, 0.25) is 11.7 Å². The lowest BCUT2D eigenvalue weighted by molar-refractivity contribution is 0.180. The smallest absolute Gasteiger partial charge is 0.227 e. The molecule has 0 aliphatic carbocycles. The van der Waals surface area contributed by atoms with Crippen LogP contribution in [0, 0.1) is 12.7 Å². The van der Waals surface area contributed by atoms with Gasteiger partial charge in [0, 0.05) is 12.0 Å². The maximum absolute atomic E-state index is 13.3. The Morgan fingerprint density at radius 1 is 1.39 bits per heavy atom. The molecule has 1 N–H and O–H groups in total. The van der Waals surface area contributed by atoms with E-state index in [2.05, 4.69) is 10.1 Å². The van der Waals surface area contributed by atoms with E-state index in [1.165, 1.54) is 12.1 Å². The summed E-state index contributed by atoms with van der Waals surface area (Å²) in [4.78, 5) is 4.18. The van der Waals surface area contributed by atoms with E-state index < -0.39 is 6.10 Å². The normalized spacial score (nSPS) is 12.7. The van der Waals surface area contributed by atoms with Gasteiger partial charge in [-0.05, 0) is 44.0 Å². The minimum atomic E-state index is -0.406. The summed E-state index contributed by atoms with van der Waals surface area (Å²) >= 11 is 0. The van der Waals surface area contributed by atoms with Crippen molar-refractivity contribution < 1.29 is 14.0 Å². The SMILES string of the molecule is Cc1cc(F)cc(-c2noc(CCC(C)O)n2)c1. The fourth-order valence-corrected chi connectivity index (χ4v) is 1.67. The molecule has 0 saturated carbocycles. The zero-order valence-corrected chi connectivity index (χ0v) is 10.4. The molecule has 0 spiro atoms. The quantitative estimate of drug-likeness (QED) is 0.905. The van der Waals surface area contributed by atoms with Crippen LogP contribution in [0.4, 0.5) is 4.39 Å². The Bertz CT molecular complexity index is 517. The first-order valence-corrected chi connectivity index (χ1v) is 5.83. The molecule has 1 aromatic heterocycles. The van der Waals surface area contributed by atoms with Crippen molar-refractivity contribution in [1.82, 2.24) is 10.1 Å². The second-order valence-electron chi connectivity index (χ2n) is 4.42. The topological polar surface area (TPSA) is 59.2 Å². The van der Waals surface area contributed by atoms with Gasteiger partial charge in [-0.1, -0.05) is 5.16 Å². The third kappa shape index (κ3) is 3.13. The van der Waals surface area contributed by atoms with E-state index in [1.54, 1.807) is 19.9 Å². The average molecular weight is 250 g/mol. The Morgan fingerprint density at radius 3 is 2.83 bits per heavy atom. The van der Waals surface area contributed by atoms with Gasteiger partial charge >= 0.3 is 0 Å². The number of aliphatic hydroxyl groups is 1. The summed E-state index contributed by atoms with van der Waals surface area (Å²) in [5.41, 5.74) is 1.40. The van der Waals surface area contributed by atoms with Gasteiger partial charge < -0.3 is 9.63 Å². The van der Waals surface area contributed by atoms with E-state index in [9.17, 15) is 9.50 Å². The van der Waals surface area contributed by atoms with Crippen LogP contribution in [0.2, 0.25) is 0 Å². The van der Waals surface area contributed by atoms with E-state index in [1.807, 2.05) is 0 Å². The van der Waals surface area contributed by atoms with Crippen molar-refractivity contribution in [3.8, 4) is 11.4 Å². The lowest BCUT2D eigenvalue weighted by Crippen LogP contribution is -2.01. The van der Waals surface area contributed by atoms with Gasteiger partial charge in [0.05, 0.1) is 6.10 Å². The lowest BCUT2D eigenvalue weighted by Gasteiger charge is -1.98. The maximum atomic E-state index is 13.3. The van der Waals surface area contributed by atoms with Crippen molar-refractivity contribution in [3.63, 3.8) is 0 Å². The predicted molar refractivity (Wildman–Crippen MR) is 64.4 cm³/mol. The van der Waals surface area contributed by atoms with Gasteiger partial charge in [-0.3, -0.25) is 0 Å². The van der Waals surface area contributed by atoms with Crippen LogP contribution in [0.1, 0.15) is 24.8 Å². The molecular formula is C13H15FN2O2. The molecule has 1 heterocycles. The molecule has 0 aliphatic heterocycles. The van der Waals surface area contributed by atoms with Gasteiger partial charge in [-0.25, -0.2) is 4.39 Å². The Hall–Kier alpha value is -1.75. The fourth-order valence-electron chi connectivity index (χ4n) is 1.67. The molecule has 4 nitrogen and oxygen atoms in total. The summed E-state index contributed by atoms with van der Waals surface area (Å²) in [5, 5.41) is 13.0. The Labute approximate surface area is 104 Å².